The summed E-state index contributed by atoms with van der Waals surface area (Å²) in [5.41, 5.74) is -2.28. The van der Waals surface area contributed by atoms with Gasteiger partial charge in [-0.3, -0.25) is 10.1 Å². The highest BCUT2D eigenvalue weighted by atomic mass is 79.9. The van der Waals surface area contributed by atoms with Crippen molar-refractivity contribution in [3.63, 3.8) is 0 Å². The standard InChI is InChI=1S/C6H2BrF3N2O2/c7-5-3(8)4(12(13)14)2(1-11-5)6(9)10/h1,6H. The van der Waals surface area contributed by atoms with Crippen molar-refractivity contribution in [2.75, 3.05) is 0 Å². The number of aromatic nitrogens is 1. The van der Waals surface area contributed by atoms with E-state index >= 15 is 0 Å². The van der Waals surface area contributed by atoms with Gasteiger partial charge in [-0.1, -0.05) is 0 Å². The van der Waals surface area contributed by atoms with Crippen molar-refractivity contribution in [3.05, 3.63) is 32.3 Å². The van der Waals surface area contributed by atoms with Crippen molar-refractivity contribution < 1.29 is 18.1 Å². The molecule has 14 heavy (non-hydrogen) atoms. The number of rotatable bonds is 2. The Labute approximate surface area is 84.0 Å². The molecule has 0 aliphatic carbocycles. The number of hydrogen-bond acceptors (Lipinski definition) is 3. The molecule has 0 N–H and O–H groups in total. The Morgan fingerprint density at radius 2 is 2.14 bits per heavy atom. The highest BCUT2D eigenvalue weighted by Gasteiger charge is 2.28. The molecule has 0 amide bonds. The molecule has 0 aliphatic heterocycles. The van der Waals surface area contributed by atoms with Crippen molar-refractivity contribution in [2.45, 2.75) is 6.43 Å². The van der Waals surface area contributed by atoms with Crippen LogP contribution in [-0.4, -0.2) is 9.91 Å². The molecule has 4 nitrogen and oxygen atoms in total. The Morgan fingerprint density at radius 3 is 2.57 bits per heavy atom. The van der Waals surface area contributed by atoms with Crippen LogP contribution >= 0.6 is 15.9 Å². The molecule has 76 valence electrons. The highest BCUT2D eigenvalue weighted by molar-refractivity contribution is 9.10. The summed E-state index contributed by atoms with van der Waals surface area (Å²) in [6.07, 6.45) is -2.57. The number of alkyl halides is 2. The summed E-state index contributed by atoms with van der Waals surface area (Å²) in [5.74, 6) is -1.40. The van der Waals surface area contributed by atoms with Gasteiger partial charge in [0.15, 0.2) is 0 Å². The number of pyridine rings is 1. The van der Waals surface area contributed by atoms with E-state index in [4.69, 9.17) is 0 Å². The molecular formula is C6H2BrF3N2O2. The van der Waals surface area contributed by atoms with Crippen LogP contribution in [0, 0.1) is 15.9 Å². The van der Waals surface area contributed by atoms with Crippen molar-refractivity contribution in [1.82, 2.24) is 4.98 Å². The summed E-state index contributed by atoms with van der Waals surface area (Å²) < 4.78 is 36.9. The van der Waals surface area contributed by atoms with Gasteiger partial charge in [0.25, 0.3) is 6.43 Å². The average molecular weight is 271 g/mol. The minimum absolute atomic E-state index is 0.464. The summed E-state index contributed by atoms with van der Waals surface area (Å²) in [6, 6.07) is 0. The molecule has 0 radical (unpaired) electrons. The van der Waals surface area contributed by atoms with E-state index in [2.05, 4.69) is 20.9 Å². The Balaban J connectivity index is 3.45. The first-order valence-electron chi connectivity index (χ1n) is 3.21. The molecule has 0 saturated carbocycles. The fourth-order valence-electron chi connectivity index (χ4n) is 0.814. The molecule has 0 spiro atoms. The first-order valence-corrected chi connectivity index (χ1v) is 4.01. The maximum Gasteiger partial charge on any atom is 0.318 e. The van der Waals surface area contributed by atoms with Gasteiger partial charge in [-0.15, -0.1) is 0 Å². The second-order valence-electron chi connectivity index (χ2n) is 2.22. The quantitative estimate of drug-likeness (QED) is 0.472. The molecule has 1 aromatic rings. The summed E-state index contributed by atoms with van der Waals surface area (Å²) in [5, 5.41) is 10.3. The minimum atomic E-state index is -3.13. The fourth-order valence-corrected chi connectivity index (χ4v) is 1.10. The van der Waals surface area contributed by atoms with Gasteiger partial charge < -0.3 is 0 Å². The van der Waals surface area contributed by atoms with E-state index in [-0.39, 0.29) is 0 Å². The smallest absolute Gasteiger partial charge is 0.258 e. The molecule has 0 unspecified atom stereocenters. The van der Waals surface area contributed by atoms with E-state index in [0.29, 0.717) is 6.20 Å². The Bertz CT molecular complexity index is 386. The zero-order valence-corrected chi connectivity index (χ0v) is 7.96. The van der Waals surface area contributed by atoms with Crippen LogP contribution in [0.1, 0.15) is 12.0 Å². The molecule has 0 aromatic carbocycles. The highest BCUT2D eigenvalue weighted by Crippen LogP contribution is 2.32. The van der Waals surface area contributed by atoms with Gasteiger partial charge in [0.2, 0.25) is 5.82 Å². The van der Waals surface area contributed by atoms with Gasteiger partial charge >= 0.3 is 5.69 Å². The van der Waals surface area contributed by atoms with Crippen LogP contribution in [0.25, 0.3) is 0 Å². The van der Waals surface area contributed by atoms with E-state index in [1.165, 1.54) is 0 Å². The summed E-state index contributed by atoms with van der Waals surface area (Å²) >= 11 is 2.56. The Kier molecular flexibility index (Phi) is 3.04. The van der Waals surface area contributed by atoms with Gasteiger partial charge in [0, 0.05) is 6.20 Å². The van der Waals surface area contributed by atoms with E-state index < -0.39 is 33.0 Å². The lowest BCUT2D eigenvalue weighted by Crippen LogP contribution is -2.01. The third-order valence-corrected chi connectivity index (χ3v) is 1.95. The van der Waals surface area contributed by atoms with Crippen molar-refractivity contribution in [1.29, 1.82) is 0 Å². The van der Waals surface area contributed by atoms with Crippen LogP contribution in [0.5, 0.6) is 0 Å². The van der Waals surface area contributed by atoms with Crippen LogP contribution in [0.2, 0.25) is 0 Å². The number of nitrogens with zero attached hydrogens (tertiary/aromatic N) is 2. The van der Waals surface area contributed by atoms with Crippen molar-refractivity contribution >= 4 is 21.6 Å². The Hall–Kier alpha value is -1.18. The van der Waals surface area contributed by atoms with Crippen LogP contribution in [0.3, 0.4) is 0 Å². The first-order chi connectivity index (χ1) is 6.45. The minimum Gasteiger partial charge on any atom is -0.258 e. The molecule has 0 bridgehead atoms. The van der Waals surface area contributed by atoms with Crippen LogP contribution in [0.15, 0.2) is 10.8 Å². The number of nitro groups is 1. The van der Waals surface area contributed by atoms with E-state index in [0.717, 1.165) is 0 Å². The molecule has 1 aromatic heterocycles. The van der Waals surface area contributed by atoms with Gasteiger partial charge in [-0.2, -0.15) is 4.39 Å². The third-order valence-electron chi connectivity index (χ3n) is 1.40. The summed E-state index contributed by atoms with van der Waals surface area (Å²) in [7, 11) is 0. The van der Waals surface area contributed by atoms with Gasteiger partial charge in [-0.05, 0) is 15.9 Å². The van der Waals surface area contributed by atoms with Crippen LogP contribution in [-0.2, 0) is 0 Å². The van der Waals surface area contributed by atoms with Crippen molar-refractivity contribution in [2.24, 2.45) is 0 Å². The number of halogens is 4. The maximum absolute atomic E-state index is 13.0. The molecule has 0 atom stereocenters. The molecule has 1 heterocycles. The van der Waals surface area contributed by atoms with Crippen LogP contribution in [0.4, 0.5) is 18.9 Å². The van der Waals surface area contributed by atoms with Crippen molar-refractivity contribution in [3.8, 4) is 0 Å². The molecule has 1 rings (SSSR count). The molecule has 0 aliphatic rings. The predicted octanol–water partition coefficient (Wildman–Crippen LogP) is 2.83. The summed E-state index contributed by atoms with van der Waals surface area (Å²) in [4.78, 5) is 12.3. The van der Waals surface area contributed by atoms with Crippen LogP contribution < -0.4 is 0 Å². The first kappa shape index (κ1) is 10.9. The number of hydrogen-bond donors (Lipinski definition) is 0. The topological polar surface area (TPSA) is 56.0 Å². The van der Waals surface area contributed by atoms with E-state index in [9.17, 15) is 23.3 Å². The molecule has 8 heteroatoms. The van der Waals surface area contributed by atoms with E-state index in [1.54, 1.807) is 0 Å². The lowest BCUT2D eigenvalue weighted by atomic mass is 10.2. The predicted molar refractivity (Wildman–Crippen MR) is 43.5 cm³/mol. The average Bonchev–Trinajstić information content (AvgIpc) is 2.08. The third kappa shape index (κ3) is 1.84. The molecular weight excluding hydrogens is 269 g/mol. The summed E-state index contributed by atoms with van der Waals surface area (Å²) in [6.45, 7) is 0. The normalized spacial score (nSPS) is 10.6. The monoisotopic (exact) mass is 270 g/mol. The molecule has 0 saturated heterocycles. The van der Waals surface area contributed by atoms with E-state index in [1.807, 2.05) is 0 Å². The van der Waals surface area contributed by atoms with Gasteiger partial charge in [-0.25, -0.2) is 13.8 Å². The second-order valence-corrected chi connectivity index (χ2v) is 2.98. The zero-order valence-electron chi connectivity index (χ0n) is 6.38. The molecule has 0 fully saturated rings. The lowest BCUT2D eigenvalue weighted by molar-refractivity contribution is -0.389. The lowest BCUT2D eigenvalue weighted by Gasteiger charge is -2.02. The fraction of sp³-hybridized carbons (Fsp3) is 0.167. The SMILES string of the molecule is O=[N+]([O-])c1c(C(F)F)cnc(Br)c1F. The zero-order chi connectivity index (χ0) is 10.9. The van der Waals surface area contributed by atoms with Gasteiger partial charge in [0.1, 0.15) is 10.2 Å². The van der Waals surface area contributed by atoms with Gasteiger partial charge in [0.05, 0.1) is 4.92 Å². The Morgan fingerprint density at radius 1 is 1.57 bits per heavy atom. The largest absolute Gasteiger partial charge is 0.318 e. The second kappa shape index (κ2) is 3.91. The maximum atomic E-state index is 13.0.